The van der Waals surface area contributed by atoms with Crippen LogP contribution in [0.5, 0.6) is 0 Å². The fraction of sp³-hybridized carbons (Fsp3) is 0.625. The molecule has 1 aliphatic carbocycles. The zero-order chi connectivity index (χ0) is 14.2. The van der Waals surface area contributed by atoms with Gasteiger partial charge in [-0.25, -0.2) is 4.39 Å². The Kier molecular flexibility index (Phi) is 4.02. The van der Waals surface area contributed by atoms with Crippen molar-refractivity contribution in [1.29, 1.82) is 0 Å². The summed E-state index contributed by atoms with van der Waals surface area (Å²) < 4.78 is 19.8. The van der Waals surface area contributed by atoms with E-state index in [0.29, 0.717) is 17.5 Å². The molecule has 2 atom stereocenters. The molecule has 2 fully saturated rings. The summed E-state index contributed by atoms with van der Waals surface area (Å²) >= 11 is 5.83. The van der Waals surface area contributed by atoms with Gasteiger partial charge in [0.2, 0.25) is 0 Å². The van der Waals surface area contributed by atoms with Crippen molar-refractivity contribution in [1.82, 2.24) is 5.32 Å². The predicted molar refractivity (Wildman–Crippen MR) is 78.6 cm³/mol. The van der Waals surface area contributed by atoms with Gasteiger partial charge in [0.05, 0.1) is 6.10 Å². The summed E-state index contributed by atoms with van der Waals surface area (Å²) in [5.41, 5.74) is 0.737. The molecular weight excluding hydrogens is 277 g/mol. The Bertz CT molecular complexity index is 491. The maximum absolute atomic E-state index is 14.1. The standard InChI is InChI=1S/C16H21ClFNO/c1-11-16(6-7-20-11,10-19-14-4-5-14)9-12-2-3-13(17)8-15(12)18/h2-3,8,11,14,19H,4-7,9-10H2,1H3. The summed E-state index contributed by atoms with van der Waals surface area (Å²) in [4.78, 5) is 0. The molecule has 1 aliphatic heterocycles. The normalized spacial score (nSPS) is 29.9. The Labute approximate surface area is 124 Å². The fourth-order valence-electron chi connectivity index (χ4n) is 3.03. The lowest BCUT2D eigenvalue weighted by molar-refractivity contribution is 0.0624. The van der Waals surface area contributed by atoms with Crippen LogP contribution in [-0.2, 0) is 11.2 Å². The van der Waals surface area contributed by atoms with Crippen LogP contribution in [0.1, 0.15) is 31.7 Å². The van der Waals surface area contributed by atoms with E-state index in [1.54, 1.807) is 6.07 Å². The zero-order valence-electron chi connectivity index (χ0n) is 11.8. The maximum atomic E-state index is 14.1. The Morgan fingerprint density at radius 2 is 2.25 bits per heavy atom. The third-order valence-electron chi connectivity index (χ3n) is 4.71. The number of ether oxygens (including phenoxy) is 1. The lowest BCUT2D eigenvalue weighted by Gasteiger charge is -2.33. The van der Waals surface area contributed by atoms with E-state index < -0.39 is 0 Å². The third-order valence-corrected chi connectivity index (χ3v) is 4.94. The van der Waals surface area contributed by atoms with Crippen LogP contribution < -0.4 is 5.32 Å². The van der Waals surface area contributed by atoms with E-state index in [2.05, 4.69) is 12.2 Å². The molecule has 1 saturated carbocycles. The van der Waals surface area contributed by atoms with E-state index >= 15 is 0 Å². The number of hydrogen-bond donors (Lipinski definition) is 1. The van der Waals surface area contributed by atoms with Crippen LogP contribution in [0.3, 0.4) is 0 Å². The summed E-state index contributed by atoms with van der Waals surface area (Å²) in [5.74, 6) is -0.206. The summed E-state index contributed by atoms with van der Waals surface area (Å²) in [6, 6.07) is 5.64. The highest BCUT2D eigenvalue weighted by molar-refractivity contribution is 6.30. The first-order valence-electron chi connectivity index (χ1n) is 7.38. The van der Waals surface area contributed by atoms with Crippen molar-refractivity contribution in [2.45, 2.75) is 44.8 Å². The van der Waals surface area contributed by atoms with Crippen LogP contribution in [0.15, 0.2) is 18.2 Å². The molecule has 2 unspecified atom stereocenters. The molecule has 0 radical (unpaired) electrons. The molecule has 1 aromatic rings. The quantitative estimate of drug-likeness (QED) is 0.897. The van der Waals surface area contributed by atoms with Crippen molar-refractivity contribution in [2.75, 3.05) is 13.2 Å². The van der Waals surface area contributed by atoms with Crippen molar-refractivity contribution in [3.63, 3.8) is 0 Å². The molecule has 0 spiro atoms. The smallest absolute Gasteiger partial charge is 0.127 e. The molecule has 0 bridgehead atoms. The summed E-state index contributed by atoms with van der Waals surface area (Å²) in [5, 5.41) is 4.04. The van der Waals surface area contributed by atoms with Crippen LogP contribution in [0.4, 0.5) is 4.39 Å². The topological polar surface area (TPSA) is 21.3 Å². The molecular formula is C16H21ClFNO. The Morgan fingerprint density at radius 1 is 1.45 bits per heavy atom. The second kappa shape index (κ2) is 5.63. The molecule has 1 N–H and O–H groups in total. The van der Waals surface area contributed by atoms with Crippen LogP contribution in [0.2, 0.25) is 5.02 Å². The van der Waals surface area contributed by atoms with Gasteiger partial charge in [-0.05, 0) is 50.3 Å². The van der Waals surface area contributed by atoms with Gasteiger partial charge in [0.1, 0.15) is 5.82 Å². The molecule has 2 aliphatic rings. The van der Waals surface area contributed by atoms with Gasteiger partial charge in [-0.1, -0.05) is 17.7 Å². The molecule has 20 heavy (non-hydrogen) atoms. The van der Waals surface area contributed by atoms with Crippen molar-refractivity contribution in [2.24, 2.45) is 5.41 Å². The first kappa shape index (κ1) is 14.3. The van der Waals surface area contributed by atoms with Crippen molar-refractivity contribution < 1.29 is 9.13 Å². The molecule has 110 valence electrons. The summed E-state index contributed by atoms with van der Waals surface area (Å²) in [6.45, 7) is 3.78. The highest BCUT2D eigenvalue weighted by Gasteiger charge is 2.42. The van der Waals surface area contributed by atoms with Crippen molar-refractivity contribution in [3.8, 4) is 0 Å². The first-order chi connectivity index (χ1) is 9.59. The number of benzene rings is 1. The van der Waals surface area contributed by atoms with Gasteiger partial charge in [0.15, 0.2) is 0 Å². The number of rotatable bonds is 5. The first-order valence-corrected chi connectivity index (χ1v) is 7.76. The van der Waals surface area contributed by atoms with Gasteiger partial charge in [0, 0.05) is 29.6 Å². The van der Waals surface area contributed by atoms with Crippen molar-refractivity contribution >= 4 is 11.6 Å². The molecule has 1 aromatic carbocycles. The molecule has 0 amide bonds. The van der Waals surface area contributed by atoms with Crippen LogP contribution in [0.25, 0.3) is 0 Å². The fourth-order valence-corrected chi connectivity index (χ4v) is 3.18. The van der Waals surface area contributed by atoms with E-state index in [-0.39, 0.29) is 17.3 Å². The molecule has 1 saturated heterocycles. The van der Waals surface area contributed by atoms with E-state index in [0.717, 1.165) is 25.1 Å². The minimum absolute atomic E-state index is 0.00272. The molecule has 0 aromatic heterocycles. The van der Waals surface area contributed by atoms with Gasteiger partial charge >= 0.3 is 0 Å². The predicted octanol–water partition coefficient (Wildman–Crippen LogP) is 3.57. The Hall–Kier alpha value is -0.640. The average molecular weight is 298 g/mol. The minimum atomic E-state index is -0.206. The summed E-state index contributed by atoms with van der Waals surface area (Å²) in [6.07, 6.45) is 4.37. The molecule has 3 rings (SSSR count). The minimum Gasteiger partial charge on any atom is -0.378 e. The molecule has 1 heterocycles. The number of nitrogens with one attached hydrogen (secondary N) is 1. The average Bonchev–Trinajstić information content (AvgIpc) is 3.17. The highest BCUT2D eigenvalue weighted by Crippen LogP contribution is 2.39. The maximum Gasteiger partial charge on any atom is 0.127 e. The number of halogens is 2. The number of hydrogen-bond acceptors (Lipinski definition) is 2. The largest absolute Gasteiger partial charge is 0.378 e. The Morgan fingerprint density at radius 3 is 2.85 bits per heavy atom. The van der Waals surface area contributed by atoms with Crippen molar-refractivity contribution in [3.05, 3.63) is 34.6 Å². The highest BCUT2D eigenvalue weighted by atomic mass is 35.5. The van der Waals surface area contributed by atoms with Gasteiger partial charge in [0.25, 0.3) is 0 Å². The van der Waals surface area contributed by atoms with E-state index in [4.69, 9.17) is 16.3 Å². The lowest BCUT2D eigenvalue weighted by Crippen LogP contribution is -2.42. The lowest BCUT2D eigenvalue weighted by atomic mass is 9.76. The van der Waals surface area contributed by atoms with E-state index in [9.17, 15) is 4.39 Å². The van der Waals surface area contributed by atoms with Gasteiger partial charge in [-0.2, -0.15) is 0 Å². The Balaban J connectivity index is 1.78. The van der Waals surface area contributed by atoms with Crippen LogP contribution in [0, 0.1) is 11.2 Å². The SMILES string of the molecule is CC1OCCC1(CNC1CC1)Cc1ccc(Cl)cc1F. The second-order valence-corrected chi connectivity index (χ2v) is 6.63. The van der Waals surface area contributed by atoms with Gasteiger partial charge in [-0.15, -0.1) is 0 Å². The van der Waals surface area contributed by atoms with E-state index in [1.807, 2.05) is 6.07 Å². The van der Waals surface area contributed by atoms with Crippen LogP contribution in [-0.4, -0.2) is 25.3 Å². The van der Waals surface area contributed by atoms with Gasteiger partial charge in [-0.3, -0.25) is 0 Å². The van der Waals surface area contributed by atoms with E-state index in [1.165, 1.54) is 18.9 Å². The second-order valence-electron chi connectivity index (χ2n) is 6.19. The zero-order valence-corrected chi connectivity index (χ0v) is 12.5. The molecule has 4 heteroatoms. The molecule has 2 nitrogen and oxygen atoms in total. The van der Waals surface area contributed by atoms with Gasteiger partial charge < -0.3 is 10.1 Å². The van der Waals surface area contributed by atoms with Crippen LogP contribution >= 0.6 is 11.6 Å². The third kappa shape index (κ3) is 3.00. The summed E-state index contributed by atoms with van der Waals surface area (Å²) in [7, 11) is 0. The monoisotopic (exact) mass is 297 g/mol.